The summed E-state index contributed by atoms with van der Waals surface area (Å²) >= 11 is 12.1. The molecule has 3 aromatic rings. The van der Waals surface area contributed by atoms with Gasteiger partial charge in [0.15, 0.2) is 5.82 Å². The van der Waals surface area contributed by atoms with Gasteiger partial charge in [0.05, 0.1) is 20.9 Å². The monoisotopic (exact) mass is 493 g/mol. The van der Waals surface area contributed by atoms with Crippen molar-refractivity contribution in [1.82, 2.24) is 4.57 Å². The second-order valence-electron chi connectivity index (χ2n) is 8.58. The maximum absolute atomic E-state index is 15.8. The molecule has 2 aromatic carbocycles. The van der Waals surface area contributed by atoms with Crippen molar-refractivity contribution in [3.8, 4) is 0 Å². The summed E-state index contributed by atoms with van der Waals surface area (Å²) in [6, 6.07) is 5.51. The van der Waals surface area contributed by atoms with Gasteiger partial charge in [-0.15, -0.1) is 0 Å². The van der Waals surface area contributed by atoms with Crippen LogP contribution in [-0.4, -0.2) is 34.8 Å². The first-order valence-corrected chi connectivity index (χ1v) is 11.2. The van der Waals surface area contributed by atoms with E-state index in [0.29, 0.717) is 10.0 Å². The van der Waals surface area contributed by atoms with Crippen molar-refractivity contribution in [3.63, 3.8) is 0 Å². The van der Waals surface area contributed by atoms with Crippen molar-refractivity contribution in [3.05, 3.63) is 73.5 Å². The molecule has 6 nitrogen and oxygen atoms in total. The minimum absolute atomic E-state index is 0.0875. The fourth-order valence-electron chi connectivity index (χ4n) is 4.62. The zero-order valence-electron chi connectivity index (χ0n) is 17.2. The molecule has 0 spiro atoms. The Balaban J connectivity index is 1.62. The third-order valence-electron chi connectivity index (χ3n) is 6.41. The molecule has 172 valence electrons. The maximum atomic E-state index is 15.8. The predicted molar refractivity (Wildman–Crippen MR) is 123 cm³/mol. The topological polar surface area (TPSA) is 88.6 Å². The van der Waals surface area contributed by atoms with E-state index in [0.717, 1.165) is 30.7 Å². The zero-order chi connectivity index (χ0) is 23.6. The fourth-order valence-corrected chi connectivity index (χ4v) is 4.93. The van der Waals surface area contributed by atoms with Crippen LogP contribution < -0.4 is 16.1 Å². The number of carbonyl (C=O) groups is 1. The van der Waals surface area contributed by atoms with E-state index in [4.69, 9.17) is 28.9 Å². The van der Waals surface area contributed by atoms with E-state index in [9.17, 15) is 14.7 Å². The van der Waals surface area contributed by atoms with Crippen LogP contribution >= 0.6 is 23.2 Å². The van der Waals surface area contributed by atoms with Crippen molar-refractivity contribution >= 4 is 45.8 Å². The Morgan fingerprint density at radius 2 is 1.85 bits per heavy atom. The smallest absolute Gasteiger partial charge is 0.341 e. The highest BCUT2D eigenvalue weighted by molar-refractivity contribution is 6.42. The number of benzene rings is 2. The van der Waals surface area contributed by atoms with Crippen LogP contribution in [0.3, 0.4) is 0 Å². The molecular formula is C23H19Cl2F2N3O3. The summed E-state index contributed by atoms with van der Waals surface area (Å²) in [5, 5.41) is 9.86. The van der Waals surface area contributed by atoms with Crippen LogP contribution in [0, 0.1) is 11.6 Å². The van der Waals surface area contributed by atoms with Crippen molar-refractivity contribution in [2.75, 3.05) is 18.0 Å². The van der Waals surface area contributed by atoms with Gasteiger partial charge in [-0.2, -0.15) is 0 Å². The molecular weight excluding hydrogens is 475 g/mol. The van der Waals surface area contributed by atoms with Crippen molar-refractivity contribution in [2.45, 2.75) is 30.8 Å². The number of halogens is 4. The molecule has 2 atom stereocenters. The summed E-state index contributed by atoms with van der Waals surface area (Å²) in [5.41, 5.74) is 5.34. The highest BCUT2D eigenvalue weighted by atomic mass is 35.5. The molecule has 2 heterocycles. The van der Waals surface area contributed by atoms with Crippen molar-refractivity contribution in [1.29, 1.82) is 0 Å². The Hall–Kier alpha value is -2.68. The summed E-state index contributed by atoms with van der Waals surface area (Å²) in [7, 11) is 0. The summed E-state index contributed by atoms with van der Waals surface area (Å²) in [4.78, 5) is 25.7. The first-order valence-electron chi connectivity index (χ1n) is 10.4. The number of anilines is 1. The molecule has 10 heteroatoms. The zero-order valence-corrected chi connectivity index (χ0v) is 18.7. The van der Waals surface area contributed by atoms with Gasteiger partial charge in [0, 0.05) is 37.3 Å². The van der Waals surface area contributed by atoms with E-state index in [2.05, 4.69) is 0 Å². The highest BCUT2D eigenvalue weighted by Gasteiger charge is 2.36. The van der Waals surface area contributed by atoms with Gasteiger partial charge in [-0.25, -0.2) is 13.6 Å². The molecule has 2 fully saturated rings. The molecule has 1 aromatic heterocycles. The highest BCUT2D eigenvalue weighted by Crippen LogP contribution is 2.41. The Bertz CT molecular complexity index is 1370. The molecule has 33 heavy (non-hydrogen) atoms. The molecule has 1 saturated heterocycles. The van der Waals surface area contributed by atoms with Crippen LogP contribution in [-0.2, 0) is 0 Å². The van der Waals surface area contributed by atoms with Crippen molar-refractivity contribution < 1.29 is 18.7 Å². The second kappa shape index (κ2) is 7.97. The van der Waals surface area contributed by atoms with Gasteiger partial charge in [0.1, 0.15) is 17.1 Å². The summed E-state index contributed by atoms with van der Waals surface area (Å²) in [6.45, 7) is 0.421. The molecule has 5 rings (SSSR count). The Morgan fingerprint density at radius 1 is 1.12 bits per heavy atom. The van der Waals surface area contributed by atoms with Crippen molar-refractivity contribution in [2.24, 2.45) is 5.73 Å². The van der Waals surface area contributed by atoms with Gasteiger partial charge in [-0.3, -0.25) is 4.79 Å². The maximum Gasteiger partial charge on any atom is 0.341 e. The molecule has 1 aliphatic heterocycles. The number of hydrogen-bond donors (Lipinski definition) is 2. The summed E-state index contributed by atoms with van der Waals surface area (Å²) in [5.74, 6) is -3.51. The van der Waals surface area contributed by atoms with Gasteiger partial charge in [0.2, 0.25) is 5.43 Å². The number of aromatic carboxylic acids is 1. The van der Waals surface area contributed by atoms with Gasteiger partial charge in [-0.05, 0) is 36.6 Å². The lowest BCUT2D eigenvalue weighted by atomic mass is 9.95. The predicted octanol–water partition coefficient (Wildman–Crippen LogP) is 4.55. The lowest BCUT2D eigenvalue weighted by Gasteiger charge is -2.22. The Kier molecular flexibility index (Phi) is 5.34. The molecule has 0 radical (unpaired) electrons. The van der Waals surface area contributed by atoms with Crippen LogP contribution in [0.2, 0.25) is 10.0 Å². The minimum Gasteiger partial charge on any atom is -0.477 e. The molecule has 3 N–H and O–H groups in total. The van der Waals surface area contributed by atoms with Crippen LogP contribution in [0.4, 0.5) is 14.5 Å². The van der Waals surface area contributed by atoms with E-state index in [1.165, 1.54) is 9.47 Å². The third-order valence-corrected chi connectivity index (χ3v) is 7.15. The number of aromatic nitrogens is 1. The first-order chi connectivity index (χ1) is 15.7. The van der Waals surface area contributed by atoms with Gasteiger partial charge in [0.25, 0.3) is 0 Å². The number of hydrogen-bond acceptors (Lipinski definition) is 4. The van der Waals surface area contributed by atoms with E-state index >= 15 is 8.78 Å². The van der Waals surface area contributed by atoms with E-state index in [1.54, 1.807) is 18.2 Å². The van der Waals surface area contributed by atoms with E-state index in [1.807, 2.05) is 0 Å². The summed E-state index contributed by atoms with van der Waals surface area (Å²) in [6.07, 6.45) is 2.60. The SMILES string of the molecule is NC1CN(c2c(F)cc3c(=O)c(C(=O)O)cn(C4CC4)c3c2F)CC1c1ccc(Cl)c(Cl)c1. The lowest BCUT2D eigenvalue weighted by Crippen LogP contribution is -2.29. The molecule has 2 unspecified atom stereocenters. The number of carboxylic acids is 1. The average Bonchev–Trinajstić information content (AvgIpc) is 3.53. The molecule has 2 aliphatic rings. The normalized spacial score (nSPS) is 20.6. The molecule has 1 aliphatic carbocycles. The molecule has 0 bridgehead atoms. The largest absolute Gasteiger partial charge is 0.477 e. The van der Waals surface area contributed by atoms with Crippen LogP contribution in [0.5, 0.6) is 0 Å². The van der Waals surface area contributed by atoms with Gasteiger partial charge in [-0.1, -0.05) is 29.3 Å². The number of fused-ring (bicyclic) bond motifs is 1. The summed E-state index contributed by atoms with van der Waals surface area (Å²) < 4.78 is 32.5. The average molecular weight is 494 g/mol. The molecule has 0 amide bonds. The first kappa shape index (κ1) is 22.1. The van der Waals surface area contributed by atoms with Crippen LogP contribution in [0.1, 0.15) is 40.7 Å². The number of pyridine rings is 1. The lowest BCUT2D eigenvalue weighted by molar-refractivity contribution is 0.0694. The number of nitrogens with zero attached hydrogens (tertiary/aromatic N) is 2. The van der Waals surface area contributed by atoms with E-state index < -0.39 is 34.6 Å². The Labute approximate surface area is 197 Å². The van der Waals surface area contributed by atoms with Crippen LogP contribution in [0.15, 0.2) is 35.3 Å². The second-order valence-corrected chi connectivity index (χ2v) is 9.40. The third kappa shape index (κ3) is 3.66. The fraction of sp³-hybridized carbons (Fsp3) is 0.304. The number of carboxylic acid groups (broad SMARTS) is 1. The number of nitrogens with two attached hydrogens (primary N) is 1. The quantitative estimate of drug-likeness (QED) is 0.556. The number of rotatable bonds is 4. The van der Waals surface area contributed by atoms with E-state index in [-0.39, 0.29) is 41.6 Å². The molecule has 1 saturated carbocycles. The standard InChI is InChI=1S/C23H19Cl2F2N3O3/c24-15-4-1-10(5-16(15)25)13-7-29(9-18(13)28)21-17(26)6-12-20(19(21)27)30(11-2-3-11)8-14(22(12)31)23(32)33/h1,4-6,8,11,13,18H,2-3,7,9,28H2,(H,32,33). The minimum atomic E-state index is -1.43. The Morgan fingerprint density at radius 3 is 2.48 bits per heavy atom. The van der Waals surface area contributed by atoms with Gasteiger partial charge < -0.3 is 20.3 Å². The van der Waals surface area contributed by atoms with Crippen LogP contribution in [0.25, 0.3) is 10.9 Å². The van der Waals surface area contributed by atoms with Gasteiger partial charge >= 0.3 is 5.97 Å².